The van der Waals surface area contributed by atoms with Gasteiger partial charge in [0, 0.05) is 19.1 Å². The lowest BCUT2D eigenvalue weighted by Gasteiger charge is -2.13. The zero-order valence-corrected chi connectivity index (χ0v) is 14.7. The van der Waals surface area contributed by atoms with E-state index in [1.165, 1.54) is 12.5 Å². The fourth-order valence-corrected chi connectivity index (χ4v) is 2.57. The molecule has 1 atom stereocenters. The Bertz CT molecular complexity index is 646. The standard InChI is InChI=1S/C21H26O3/c1-4-15-23-16(2)9-10-18-11-13-19(14-12-18)20-7-5-6-8-21(20)24-17(3)22/h5-8,11-14,16H,4,9-10,15H2,1-3H3. The van der Waals surface area contributed by atoms with Gasteiger partial charge < -0.3 is 9.47 Å². The molecule has 3 nitrogen and oxygen atoms in total. The van der Waals surface area contributed by atoms with E-state index in [9.17, 15) is 4.79 Å². The van der Waals surface area contributed by atoms with E-state index in [0.29, 0.717) is 5.75 Å². The van der Waals surface area contributed by atoms with Crippen LogP contribution in [0, 0.1) is 0 Å². The van der Waals surface area contributed by atoms with Crippen LogP contribution in [0.25, 0.3) is 11.1 Å². The molecule has 0 aliphatic rings. The van der Waals surface area contributed by atoms with Crippen LogP contribution in [-0.2, 0) is 16.0 Å². The molecule has 2 rings (SSSR count). The Labute approximate surface area is 144 Å². The molecular formula is C21H26O3. The van der Waals surface area contributed by atoms with Crippen molar-refractivity contribution in [2.75, 3.05) is 6.61 Å². The summed E-state index contributed by atoms with van der Waals surface area (Å²) in [4.78, 5) is 11.2. The number of ether oxygens (including phenoxy) is 2. The molecule has 0 aliphatic carbocycles. The van der Waals surface area contributed by atoms with Crippen molar-refractivity contribution >= 4 is 5.97 Å². The second-order valence-corrected chi connectivity index (χ2v) is 6.01. The minimum atomic E-state index is -0.305. The third-order valence-electron chi connectivity index (χ3n) is 3.85. The summed E-state index contributed by atoms with van der Waals surface area (Å²) in [5.41, 5.74) is 3.26. The molecule has 0 spiro atoms. The third kappa shape index (κ3) is 5.50. The molecule has 0 amide bonds. The zero-order valence-electron chi connectivity index (χ0n) is 14.7. The minimum Gasteiger partial charge on any atom is -0.426 e. The van der Waals surface area contributed by atoms with Crippen molar-refractivity contribution in [2.24, 2.45) is 0 Å². The normalized spacial score (nSPS) is 12.0. The molecule has 0 aromatic heterocycles. The predicted molar refractivity (Wildman–Crippen MR) is 97.2 cm³/mol. The van der Waals surface area contributed by atoms with Crippen LogP contribution < -0.4 is 4.74 Å². The van der Waals surface area contributed by atoms with Crippen molar-refractivity contribution in [2.45, 2.75) is 46.1 Å². The zero-order chi connectivity index (χ0) is 17.4. The molecule has 1 unspecified atom stereocenters. The maximum Gasteiger partial charge on any atom is 0.308 e. The van der Waals surface area contributed by atoms with Gasteiger partial charge in [-0.3, -0.25) is 4.79 Å². The Morgan fingerprint density at radius 1 is 1.08 bits per heavy atom. The highest BCUT2D eigenvalue weighted by Crippen LogP contribution is 2.30. The molecule has 2 aromatic rings. The maximum atomic E-state index is 11.2. The summed E-state index contributed by atoms with van der Waals surface area (Å²) in [6.45, 7) is 6.49. The highest BCUT2D eigenvalue weighted by molar-refractivity contribution is 5.76. The first-order chi connectivity index (χ1) is 11.6. The number of hydrogen-bond donors (Lipinski definition) is 0. The first kappa shape index (κ1) is 18.2. The fourth-order valence-electron chi connectivity index (χ4n) is 2.57. The van der Waals surface area contributed by atoms with Crippen LogP contribution in [0.15, 0.2) is 48.5 Å². The Morgan fingerprint density at radius 3 is 2.46 bits per heavy atom. The van der Waals surface area contributed by atoms with E-state index in [-0.39, 0.29) is 12.1 Å². The van der Waals surface area contributed by atoms with Gasteiger partial charge in [-0.2, -0.15) is 0 Å². The lowest BCUT2D eigenvalue weighted by Crippen LogP contribution is -2.09. The van der Waals surface area contributed by atoms with Crippen LogP contribution in [0.4, 0.5) is 0 Å². The van der Waals surface area contributed by atoms with Gasteiger partial charge in [0.25, 0.3) is 0 Å². The molecule has 3 heteroatoms. The summed E-state index contributed by atoms with van der Waals surface area (Å²) in [7, 11) is 0. The number of benzene rings is 2. The molecule has 0 heterocycles. The van der Waals surface area contributed by atoms with E-state index in [2.05, 4.69) is 38.1 Å². The van der Waals surface area contributed by atoms with E-state index in [1.54, 1.807) is 0 Å². The van der Waals surface area contributed by atoms with E-state index in [4.69, 9.17) is 9.47 Å². The quantitative estimate of drug-likeness (QED) is 0.504. The average Bonchev–Trinajstić information content (AvgIpc) is 2.58. The number of hydrogen-bond acceptors (Lipinski definition) is 3. The number of rotatable bonds is 8. The Morgan fingerprint density at radius 2 is 1.79 bits per heavy atom. The van der Waals surface area contributed by atoms with Gasteiger partial charge in [-0.25, -0.2) is 0 Å². The summed E-state index contributed by atoms with van der Waals surface area (Å²) >= 11 is 0. The van der Waals surface area contributed by atoms with Crippen molar-refractivity contribution in [3.05, 3.63) is 54.1 Å². The predicted octanol–water partition coefficient (Wildman–Crippen LogP) is 5.03. The molecule has 0 N–H and O–H groups in total. The van der Waals surface area contributed by atoms with Crippen molar-refractivity contribution < 1.29 is 14.3 Å². The number of carbonyl (C=O) groups is 1. The number of para-hydroxylation sites is 1. The SMILES string of the molecule is CCCOC(C)CCc1ccc(-c2ccccc2OC(C)=O)cc1. The number of aryl methyl sites for hydroxylation is 1. The lowest BCUT2D eigenvalue weighted by atomic mass is 10.0. The monoisotopic (exact) mass is 326 g/mol. The van der Waals surface area contributed by atoms with E-state index in [0.717, 1.165) is 37.0 Å². The van der Waals surface area contributed by atoms with Gasteiger partial charge in [-0.15, -0.1) is 0 Å². The van der Waals surface area contributed by atoms with Gasteiger partial charge in [0.15, 0.2) is 0 Å². The second-order valence-electron chi connectivity index (χ2n) is 6.01. The molecule has 0 bridgehead atoms. The summed E-state index contributed by atoms with van der Waals surface area (Å²) < 4.78 is 11.0. The smallest absolute Gasteiger partial charge is 0.308 e. The van der Waals surface area contributed by atoms with Crippen molar-refractivity contribution in [1.82, 2.24) is 0 Å². The average molecular weight is 326 g/mol. The van der Waals surface area contributed by atoms with Crippen LogP contribution in [0.1, 0.15) is 39.2 Å². The van der Waals surface area contributed by atoms with Gasteiger partial charge in [-0.05, 0) is 43.4 Å². The first-order valence-electron chi connectivity index (χ1n) is 8.58. The van der Waals surface area contributed by atoms with E-state index in [1.807, 2.05) is 24.3 Å². The summed E-state index contributed by atoms with van der Waals surface area (Å²) in [5, 5.41) is 0. The highest BCUT2D eigenvalue weighted by Gasteiger charge is 2.08. The largest absolute Gasteiger partial charge is 0.426 e. The Kier molecular flexibility index (Phi) is 7.01. The summed E-state index contributed by atoms with van der Waals surface area (Å²) in [6.07, 6.45) is 3.36. The molecule has 0 aliphatic heterocycles. The summed E-state index contributed by atoms with van der Waals surface area (Å²) in [6, 6.07) is 16.0. The van der Waals surface area contributed by atoms with Gasteiger partial charge in [-0.1, -0.05) is 49.4 Å². The number of esters is 1. The van der Waals surface area contributed by atoms with Crippen LogP contribution in [-0.4, -0.2) is 18.7 Å². The van der Waals surface area contributed by atoms with Crippen LogP contribution in [0.2, 0.25) is 0 Å². The van der Waals surface area contributed by atoms with E-state index >= 15 is 0 Å². The van der Waals surface area contributed by atoms with E-state index < -0.39 is 0 Å². The maximum absolute atomic E-state index is 11.2. The van der Waals surface area contributed by atoms with Gasteiger partial charge in [0.1, 0.15) is 5.75 Å². The van der Waals surface area contributed by atoms with Gasteiger partial charge >= 0.3 is 5.97 Å². The third-order valence-corrected chi connectivity index (χ3v) is 3.85. The molecule has 0 fully saturated rings. The molecule has 0 saturated carbocycles. The highest BCUT2D eigenvalue weighted by atomic mass is 16.5. The Hall–Kier alpha value is -2.13. The van der Waals surface area contributed by atoms with Gasteiger partial charge in [0.05, 0.1) is 6.10 Å². The Balaban J connectivity index is 2.03. The lowest BCUT2D eigenvalue weighted by molar-refractivity contribution is -0.131. The van der Waals surface area contributed by atoms with Crippen molar-refractivity contribution in [3.8, 4) is 16.9 Å². The molecule has 128 valence electrons. The van der Waals surface area contributed by atoms with Crippen LogP contribution in [0.5, 0.6) is 5.75 Å². The molecule has 0 radical (unpaired) electrons. The van der Waals surface area contributed by atoms with Crippen LogP contribution in [0.3, 0.4) is 0 Å². The van der Waals surface area contributed by atoms with Crippen molar-refractivity contribution in [1.29, 1.82) is 0 Å². The number of carbonyl (C=O) groups excluding carboxylic acids is 1. The minimum absolute atomic E-state index is 0.286. The second kappa shape index (κ2) is 9.24. The molecule has 24 heavy (non-hydrogen) atoms. The first-order valence-corrected chi connectivity index (χ1v) is 8.58. The van der Waals surface area contributed by atoms with Gasteiger partial charge in [0.2, 0.25) is 0 Å². The topological polar surface area (TPSA) is 35.5 Å². The fraction of sp³-hybridized carbons (Fsp3) is 0.381. The van der Waals surface area contributed by atoms with Crippen molar-refractivity contribution in [3.63, 3.8) is 0 Å². The molecule has 2 aromatic carbocycles. The molecule has 0 saturated heterocycles. The molecular weight excluding hydrogens is 300 g/mol. The summed E-state index contributed by atoms with van der Waals surface area (Å²) in [5.74, 6) is 0.291. The van der Waals surface area contributed by atoms with Crippen LogP contribution >= 0.6 is 0 Å².